The third-order valence-corrected chi connectivity index (χ3v) is 3.84. The van der Waals surface area contributed by atoms with Crippen LogP contribution in [0.5, 0.6) is 0 Å². The Kier molecular flexibility index (Phi) is 3.70. The quantitative estimate of drug-likeness (QED) is 0.827. The second-order valence-corrected chi connectivity index (χ2v) is 5.25. The van der Waals surface area contributed by atoms with E-state index in [4.69, 9.17) is 0 Å². The molecular weight excluding hydrogens is 251 g/mol. The number of nitrogens with zero attached hydrogens (tertiary/aromatic N) is 2. The van der Waals surface area contributed by atoms with E-state index in [1.807, 2.05) is 36.4 Å². The van der Waals surface area contributed by atoms with Gasteiger partial charge in [-0.1, -0.05) is 30.3 Å². The van der Waals surface area contributed by atoms with Gasteiger partial charge in [0.1, 0.15) is 5.82 Å². The number of hydrogen-bond donors (Lipinski definition) is 0. The Hall–Kier alpha value is -1.87. The van der Waals surface area contributed by atoms with Gasteiger partial charge in [0.05, 0.1) is 5.69 Å². The van der Waals surface area contributed by atoms with Gasteiger partial charge in [-0.3, -0.25) is 0 Å². The summed E-state index contributed by atoms with van der Waals surface area (Å²) in [5, 5.41) is 0. The molecule has 1 aliphatic rings. The van der Waals surface area contributed by atoms with E-state index in [9.17, 15) is 4.39 Å². The number of rotatable bonds is 2. The predicted molar refractivity (Wildman–Crippen MR) is 80.4 cm³/mol. The average Bonchev–Trinajstić information content (AvgIpc) is 2.49. The second kappa shape index (κ2) is 5.63. The number of hydrogen-bond acceptors (Lipinski definition) is 2. The summed E-state index contributed by atoms with van der Waals surface area (Å²) in [4.78, 5) is 4.39. The average molecular weight is 269 g/mol. The Labute approximate surface area is 119 Å². The Balaban J connectivity index is 1.85. The van der Waals surface area contributed by atoms with Gasteiger partial charge in [-0.05, 0) is 36.4 Å². The van der Waals surface area contributed by atoms with Crippen LogP contribution in [0.4, 0.5) is 10.1 Å². The number of halogens is 1. The first-order valence-corrected chi connectivity index (χ1v) is 6.93. The molecule has 0 atom stereocenters. The highest BCUT2D eigenvalue weighted by Crippen LogP contribution is 2.26. The van der Waals surface area contributed by atoms with Gasteiger partial charge in [0.25, 0.3) is 0 Å². The van der Waals surface area contributed by atoms with E-state index < -0.39 is 0 Å². The summed E-state index contributed by atoms with van der Waals surface area (Å²) in [6.45, 7) is 3.73. The molecule has 2 nitrogen and oxygen atoms in total. The molecule has 0 saturated carbocycles. The van der Waals surface area contributed by atoms with Gasteiger partial charge in [0, 0.05) is 26.2 Å². The zero-order valence-corrected chi connectivity index (χ0v) is 11.6. The van der Waals surface area contributed by atoms with Crippen molar-refractivity contribution in [1.82, 2.24) is 4.90 Å². The Bertz CT molecular complexity index is 575. The summed E-state index contributed by atoms with van der Waals surface area (Å²) in [6.07, 6.45) is 0. The van der Waals surface area contributed by atoms with Crippen LogP contribution < -0.4 is 4.90 Å². The molecule has 20 heavy (non-hydrogen) atoms. The predicted octanol–water partition coefficient (Wildman–Crippen LogP) is 3.04. The molecule has 0 aromatic heterocycles. The lowest BCUT2D eigenvalue weighted by Crippen LogP contribution is -2.44. The molecule has 1 radical (unpaired) electrons. The Morgan fingerprint density at radius 2 is 1.65 bits per heavy atom. The van der Waals surface area contributed by atoms with E-state index in [1.54, 1.807) is 6.07 Å². The standard InChI is InChI=1S/C17H18FN2/c1-19-9-11-20(12-10-19)17-8-7-15(13-16(17)18)14-5-3-2-4-6-14/h3-8,13H,9-12H2,1H3. The SMILES string of the molecule is CN1CCN(c2ccc(-c3cc[c]cc3)cc2F)CC1. The van der Waals surface area contributed by atoms with Crippen molar-refractivity contribution in [2.45, 2.75) is 0 Å². The van der Waals surface area contributed by atoms with Crippen LogP contribution in [0.3, 0.4) is 0 Å². The third-order valence-electron chi connectivity index (χ3n) is 3.84. The molecule has 1 heterocycles. The normalized spacial score (nSPS) is 16.4. The lowest BCUT2D eigenvalue weighted by Gasteiger charge is -2.34. The molecule has 3 heteroatoms. The van der Waals surface area contributed by atoms with Crippen LogP contribution in [0.1, 0.15) is 0 Å². The summed E-state index contributed by atoms with van der Waals surface area (Å²) in [5.41, 5.74) is 2.64. The molecule has 2 aromatic rings. The number of likely N-dealkylation sites (N-methyl/N-ethyl adjacent to an activating group) is 1. The van der Waals surface area contributed by atoms with Crippen LogP contribution in [0.2, 0.25) is 0 Å². The summed E-state index contributed by atoms with van der Waals surface area (Å²) in [6, 6.07) is 16.1. The smallest absolute Gasteiger partial charge is 0.147 e. The highest BCUT2D eigenvalue weighted by molar-refractivity contribution is 5.66. The van der Waals surface area contributed by atoms with E-state index in [-0.39, 0.29) is 5.82 Å². The molecular formula is C17H18FN2. The maximum atomic E-state index is 14.4. The minimum absolute atomic E-state index is 0.139. The van der Waals surface area contributed by atoms with E-state index in [2.05, 4.69) is 22.9 Å². The first kappa shape index (κ1) is 13.1. The van der Waals surface area contributed by atoms with Crippen molar-refractivity contribution >= 4 is 5.69 Å². The van der Waals surface area contributed by atoms with Crippen molar-refractivity contribution in [3.8, 4) is 11.1 Å². The zero-order valence-electron chi connectivity index (χ0n) is 11.6. The minimum atomic E-state index is -0.139. The van der Waals surface area contributed by atoms with Crippen LogP contribution in [0.15, 0.2) is 42.5 Å². The molecule has 2 aromatic carbocycles. The lowest BCUT2D eigenvalue weighted by molar-refractivity contribution is 0.311. The van der Waals surface area contributed by atoms with Crippen molar-refractivity contribution in [2.75, 3.05) is 38.1 Å². The van der Waals surface area contributed by atoms with Gasteiger partial charge in [-0.15, -0.1) is 0 Å². The van der Waals surface area contributed by atoms with Crippen LogP contribution in [0.25, 0.3) is 11.1 Å². The van der Waals surface area contributed by atoms with Crippen LogP contribution >= 0.6 is 0 Å². The van der Waals surface area contributed by atoms with Gasteiger partial charge in [-0.25, -0.2) is 4.39 Å². The van der Waals surface area contributed by atoms with Gasteiger partial charge >= 0.3 is 0 Å². The molecule has 0 aliphatic carbocycles. The zero-order chi connectivity index (χ0) is 13.9. The highest BCUT2D eigenvalue weighted by Gasteiger charge is 2.17. The summed E-state index contributed by atoms with van der Waals surface area (Å²) >= 11 is 0. The number of anilines is 1. The maximum absolute atomic E-state index is 14.4. The fraction of sp³-hybridized carbons (Fsp3) is 0.294. The van der Waals surface area contributed by atoms with E-state index >= 15 is 0 Å². The minimum Gasteiger partial charge on any atom is -0.367 e. The van der Waals surface area contributed by atoms with Crippen molar-refractivity contribution in [3.63, 3.8) is 0 Å². The fourth-order valence-electron chi connectivity index (χ4n) is 2.57. The van der Waals surface area contributed by atoms with Crippen LogP contribution in [0, 0.1) is 11.9 Å². The molecule has 0 bridgehead atoms. The highest BCUT2D eigenvalue weighted by atomic mass is 19.1. The van der Waals surface area contributed by atoms with Crippen molar-refractivity contribution < 1.29 is 4.39 Å². The molecule has 0 spiro atoms. The van der Waals surface area contributed by atoms with Gasteiger partial charge in [0.2, 0.25) is 0 Å². The largest absolute Gasteiger partial charge is 0.367 e. The van der Waals surface area contributed by atoms with Crippen LogP contribution in [-0.2, 0) is 0 Å². The molecule has 103 valence electrons. The summed E-state index contributed by atoms with van der Waals surface area (Å²) in [5.74, 6) is -0.139. The molecule has 1 saturated heterocycles. The molecule has 1 aliphatic heterocycles. The molecule has 0 amide bonds. The van der Waals surface area contributed by atoms with Crippen LogP contribution in [-0.4, -0.2) is 38.1 Å². The monoisotopic (exact) mass is 269 g/mol. The summed E-state index contributed by atoms with van der Waals surface area (Å²) < 4.78 is 14.4. The Morgan fingerprint density at radius 1 is 0.950 bits per heavy atom. The number of benzene rings is 2. The van der Waals surface area contributed by atoms with Crippen molar-refractivity contribution in [2.24, 2.45) is 0 Å². The topological polar surface area (TPSA) is 6.48 Å². The van der Waals surface area contributed by atoms with Crippen molar-refractivity contribution in [1.29, 1.82) is 0 Å². The molecule has 3 rings (SSSR count). The van der Waals surface area contributed by atoms with Gasteiger partial charge < -0.3 is 9.80 Å². The molecule has 1 fully saturated rings. The third kappa shape index (κ3) is 2.68. The first-order valence-electron chi connectivity index (χ1n) is 6.93. The Morgan fingerprint density at radius 3 is 2.30 bits per heavy atom. The summed E-state index contributed by atoms with van der Waals surface area (Å²) in [7, 11) is 2.10. The number of piperazine rings is 1. The van der Waals surface area contributed by atoms with E-state index in [0.29, 0.717) is 5.69 Å². The van der Waals surface area contributed by atoms with Gasteiger partial charge in [0.15, 0.2) is 0 Å². The van der Waals surface area contributed by atoms with E-state index in [1.165, 1.54) is 0 Å². The van der Waals surface area contributed by atoms with Crippen molar-refractivity contribution in [3.05, 3.63) is 54.3 Å². The molecule has 0 unspecified atom stereocenters. The first-order chi connectivity index (χ1) is 9.74. The fourth-order valence-corrected chi connectivity index (χ4v) is 2.57. The molecule has 0 N–H and O–H groups in total. The van der Waals surface area contributed by atoms with Gasteiger partial charge in [-0.2, -0.15) is 0 Å². The van der Waals surface area contributed by atoms with E-state index in [0.717, 1.165) is 37.3 Å². The lowest BCUT2D eigenvalue weighted by atomic mass is 10.0. The second-order valence-electron chi connectivity index (χ2n) is 5.25. The maximum Gasteiger partial charge on any atom is 0.147 e.